The Hall–Kier alpha value is -2.69. The van der Waals surface area contributed by atoms with Crippen LogP contribution in [-0.2, 0) is 22.0 Å². The van der Waals surface area contributed by atoms with E-state index in [2.05, 4.69) is 33.8 Å². The van der Waals surface area contributed by atoms with E-state index in [0.717, 1.165) is 59.6 Å². The predicted octanol–water partition coefficient (Wildman–Crippen LogP) is 6.25. The van der Waals surface area contributed by atoms with Crippen molar-refractivity contribution in [3.63, 3.8) is 0 Å². The van der Waals surface area contributed by atoms with Crippen LogP contribution in [0.25, 0.3) is 5.57 Å². The first-order valence-corrected chi connectivity index (χ1v) is 10.6. The highest BCUT2D eigenvalue weighted by molar-refractivity contribution is 5.81. The standard InChI is InChI=1S/C25H31NO4/c1-16(14-21(27)28)8-6-9-17-10-7-11-18-19(17)15-20-22(23(18)26(29)30)25(4,5)13-12-24(20,2)3/h6,8-9,14-15H,7,10-13H2,1-5H3,(H,27,28). The number of hydrogen-bond acceptors (Lipinski definition) is 3. The Bertz CT molecular complexity index is 993. The van der Waals surface area contributed by atoms with E-state index in [0.29, 0.717) is 17.7 Å². The van der Waals surface area contributed by atoms with E-state index in [4.69, 9.17) is 5.11 Å². The molecule has 0 amide bonds. The normalized spacial score (nSPS) is 21.4. The Morgan fingerprint density at radius 1 is 1.17 bits per heavy atom. The van der Waals surface area contributed by atoms with Crippen molar-refractivity contribution in [2.45, 2.75) is 77.6 Å². The first kappa shape index (κ1) is 22.0. The third-order valence-corrected chi connectivity index (χ3v) is 6.60. The number of carboxylic acid groups (broad SMARTS) is 1. The maximum Gasteiger partial charge on any atom is 0.328 e. The molecule has 0 unspecified atom stereocenters. The minimum Gasteiger partial charge on any atom is -0.478 e. The van der Waals surface area contributed by atoms with Gasteiger partial charge in [-0.25, -0.2) is 4.79 Å². The Morgan fingerprint density at radius 3 is 2.47 bits per heavy atom. The molecule has 30 heavy (non-hydrogen) atoms. The number of allylic oxidation sites excluding steroid dienone is 5. The van der Waals surface area contributed by atoms with Crippen molar-refractivity contribution in [1.29, 1.82) is 0 Å². The smallest absolute Gasteiger partial charge is 0.328 e. The summed E-state index contributed by atoms with van der Waals surface area (Å²) in [6.45, 7) is 10.4. The van der Waals surface area contributed by atoms with Gasteiger partial charge in [-0.05, 0) is 78.2 Å². The number of aliphatic carboxylic acids is 1. The topological polar surface area (TPSA) is 80.4 Å². The van der Waals surface area contributed by atoms with Crippen molar-refractivity contribution in [2.75, 3.05) is 0 Å². The minimum atomic E-state index is -0.972. The SMILES string of the molecule is CC(C=CC=C1CCCc2c1cc1c(c2[N+](=O)[O-])C(C)(C)CCC1(C)C)=CC(=O)O. The van der Waals surface area contributed by atoms with Gasteiger partial charge in [0.1, 0.15) is 0 Å². The zero-order valence-corrected chi connectivity index (χ0v) is 18.5. The van der Waals surface area contributed by atoms with Gasteiger partial charge in [0.25, 0.3) is 5.69 Å². The summed E-state index contributed by atoms with van der Waals surface area (Å²) < 4.78 is 0. The number of nitro groups is 1. The number of benzene rings is 1. The fourth-order valence-corrected chi connectivity index (χ4v) is 4.88. The van der Waals surface area contributed by atoms with Gasteiger partial charge in [0, 0.05) is 17.2 Å². The number of carboxylic acids is 1. The van der Waals surface area contributed by atoms with E-state index in [1.54, 1.807) is 13.0 Å². The summed E-state index contributed by atoms with van der Waals surface area (Å²) in [5.41, 5.74) is 5.58. The second-order valence-corrected chi connectivity index (χ2v) is 9.83. The quantitative estimate of drug-likeness (QED) is 0.276. The molecule has 1 aromatic rings. The molecule has 0 saturated carbocycles. The van der Waals surface area contributed by atoms with E-state index in [-0.39, 0.29) is 15.8 Å². The molecule has 0 saturated heterocycles. The summed E-state index contributed by atoms with van der Waals surface area (Å²) in [5.74, 6) is -0.972. The minimum absolute atomic E-state index is 0.107. The van der Waals surface area contributed by atoms with Crippen LogP contribution in [0.15, 0.2) is 35.9 Å². The number of nitrogens with zero attached hydrogens (tertiary/aromatic N) is 1. The molecule has 0 bridgehead atoms. The van der Waals surface area contributed by atoms with Crippen molar-refractivity contribution in [2.24, 2.45) is 0 Å². The van der Waals surface area contributed by atoms with Crippen molar-refractivity contribution < 1.29 is 14.8 Å². The van der Waals surface area contributed by atoms with Gasteiger partial charge in [-0.1, -0.05) is 45.9 Å². The highest BCUT2D eigenvalue weighted by Gasteiger charge is 2.44. The maximum atomic E-state index is 12.3. The molecule has 0 aromatic heterocycles. The third-order valence-electron chi connectivity index (χ3n) is 6.60. The molecule has 0 atom stereocenters. The first-order chi connectivity index (χ1) is 13.9. The second kappa shape index (κ2) is 7.86. The lowest BCUT2D eigenvalue weighted by Crippen LogP contribution is -2.35. The number of hydrogen-bond donors (Lipinski definition) is 1. The molecule has 5 heteroatoms. The lowest BCUT2D eigenvalue weighted by atomic mass is 9.61. The Morgan fingerprint density at radius 2 is 1.83 bits per heavy atom. The lowest BCUT2D eigenvalue weighted by Gasteiger charge is -2.42. The van der Waals surface area contributed by atoms with E-state index in [1.165, 1.54) is 0 Å². The third kappa shape index (κ3) is 4.11. The fraction of sp³-hybridized carbons (Fsp3) is 0.480. The molecule has 1 N–H and O–H groups in total. The highest BCUT2D eigenvalue weighted by atomic mass is 16.6. The number of carbonyl (C=O) groups is 1. The molecule has 0 radical (unpaired) electrons. The van der Waals surface area contributed by atoms with Crippen LogP contribution in [0.5, 0.6) is 0 Å². The number of fused-ring (bicyclic) bond motifs is 2. The Labute approximate surface area is 178 Å². The molecule has 2 aliphatic carbocycles. The van der Waals surface area contributed by atoms with Gasteiger partial charge in [-0.3, -0.25) is 10.1 Å². The molecule has 5 nitrogen and oxygen atoms in total. The van der Waals surface area contributed by atoms with Crippen molar-refractivity contribution >= 4 is 17.2 Å². The van der Waals surface area contributed by atoms with Gasteiger partial charge in [-0.15, -0.1) is 0 Å². The molecule has 0 spiro atoms. The molecule has 0 fully saturated rings. The lowest BCUT2D eigenvalue weighted by molar-refractivity contribution is -0.387. The van der Waals surface area contributed by atoms with Crippen LogP contribution >= 0.6 is 0 Å². The molecule has 0 aliphatic heterocycles. The molecule has 3 rings (SSSR count). The van der Waals surface area contributed by atoms with Crippen LogP contribution in [0.4, 0.5) is 5.69 Å². The van der Waals surface area contributed by atoms with Gasteiger partial charge in [0.2, 0.25) is 0 Å². The van der Waals surface area contributed by atoms with E-state index in [1.807, 2.05) is 12.2 Å². The highest BCUT2D eigenvalue weighted by Crippen LogP contribution is 2.52. The van der Waals surface area contributed by atoms with Crippen LogP contribution < -0.4 is 0 Å². The zero-order valence-electron chi connectivity index (χ0n) is 18.5. The second-order valence-electron chi connectivity index (χ2n) is 9.83. The monoisotopic (exact) mass is 409 g/mol. The zero-order chi connectivity index (χ0) is 22.3. The summed E-state index contributed by atoms with van der Waals surface area (Å²) >= 11 is 0. The average Bonchev–Trinajstić information content (AvgIpc) is 2.63. The van der Waals surface area contributed by atoms with Crippen LogP contribution in [-0.4, -0.2) is 16.0 Å². The summed E-state index contributed by atoms with van der Waals surface area (Å²) in [6, 6.07) is 2.21. The molecule has 0 heterocycles. The van der Waals surface area contributed by atoms with Crippen LogP contribution in [0.1, 0.15) is 82.6 Å². The van der Waals surface area contributed by atoms with Crippen molar-refractivity contribution in [3.05, 3.63) is 68.3 Å². The Kier molecular flexibility index (Phi) is 5.76. The maximum absolute atomic E-state index is 12.3. The largest absolute Gasteiger partial charge is 0.478 e. The van der Waals surface area contributed by atoms with Gasteiger partial charge < -0.3 is 5.11 Å². The first-order valence-electron chi connectivity index (χ1n) is 10.6. The van der Waals surface area contributed by atoms with Crippen LogP contribution in [0.3, 0.4) is 0 Å². The van der Waals surface area contributed by atoms with Gasteiger partial charge in [0.15, 0.2) is 0 Å². The molecular formula is C25H31NO4. The van der Waals surface area contributed by atoms with Crippen LogP contribution in [0, 0.1) is 10.1 Å². The van der Waals surface area contributed by atoms with Crippen molar-refractivity contribution in [3.8, 4) is 0 Å². The molecule has 160 valence electrons. The fourth-order valence-electron chi connectivity index (χ4n) is 4.88. The summed E-state index contributed by atoms with van der Waals surface area (Å²) in [5, 5.41) is 21.1. The Balaban J connectivity index is 2.20. The van der Waals surface area contributed by atoms with Gasteiger partial charge in [0.05, 0.1) is 4.92 Å². The van der Waals surface area contributed by atoms with E-state index >= 15 is 0 Å². The summed E-state index contributed by atoms with van der Waals surface area (Å²) in [6.07, 6.45) is 11.1. The molecule has 2 aliphatic rings. The van der Waals surface area contributed by atoms with Crippen LogP contribution in [0.2, 0.25) is 0 Å². The van der Waals surface area contributed by atoms with E-state index in [9.17, 15) is 14.9 Å². The number of nitro benzene ring substituents is 1. The van der Waals surface area contributed by atoms with Gasteiger partial charge >= 0.3 is 5.97 Å². The summed E-state index contributed by atoms with van der Waals surface area (Å²) in [7, 11) is 0. The van der Waals surface area contributed by atoms with Gasteiger partial charge in [-0.2, -0.15) is 0 Å². The average molecular weight is 410 g/mol. The van der Waals surface area contributed by atoms with Crippen molar-refractivity contribution in [1.82, 2.24) is 0 Å². The summed E-state index contributed by atoms with van der Waals surface area (Å²) in [4.78, 5) is 22.9. The van der Waals surface area contributed by atoms with E-state index < -0.39 is 5.97 Å². The molecule has 1 aromatic carbocycles. The predicted molar refractivity (Wildman–Crippen MR) is 120 cm³/mol. The molecular weight excluding hydrogens is 378 g/mol. The number of rotatable bonds is 4.